The fourth-order valence-corrected chi connectivity index (χ4v) is 2.11. The molecule has 18 heavy (non-hydrogen) atoms. The van der Waals surface area contributed by atoms with Gasteiger partial charge >= 0.3 is 6.18 Å². The zero-order valence-corrected chi connectivity index (χ0v) is 9.83. The Balaban J connectivity index is 2.01. The molecule has 1 fully saturated rings. The van der Waals surface area contributed by atoms with Crippen LogP contribution in [0, 0.1) is 0 Å². The van der Waals surface area contributed by atoms with Gasteiger partial charge in [-0.1, -0.05) is 12.8 Å². The van der Waals surface area contributed by atoms with Gasteiger partial charge in [-0.3, -0.25) is 0 Å². The molecule has 3 nitrogen and oxygen atoms in total. The third-order valence-electron chi connectivity index (χ3n) is 3.17. The first kappa shape index (κ1) is 13.1. The van der Waals surface area contributed by atoms with E-state index in [0.717, 1.165) is 44.0 Å². The second-order valence-corrected chi connectivity index (χ2v) is 4.74. The predicted molar refractivity (Wildman–Crippen MR) is 60.1 cm³/mol. The lowest BCUT2D eigenvalue weighted by molar-refractivity contribution is -0.137. The highest BCUT2D eigenvalue weighted by Crippen LogP contribution is 2.31. The van der Waals surface area contributed by atoms with Crippen molar-refractivity contribution in [3.05, 3.63) is 23.9 Å². The summed E-state index contributed by atoms with van der Waals surface area (Å²) in [5.74, 6) is -0.0263. The summed E-state index contributed by atoms with van der Waals surface area (Å²) in [6.45, 7) is 0.210. The molecule has 1 aromatic heterocycles. The highest BCUT2D eigenvalue weighted by atomic mass is 19.4. The minimum absolute atomic E-state index is 0.0263. The molecule has 0 atom stereocenters. The monoisotopic (exact) mass is 260 g/mol. The molecule has 1 aliphatic rings. The van der Waals surface area contributed by atoms with E-state index >= 15 is 0 Å². The first-order chi connectivity index (χ1) is 8.39. The second-order valence-electron chi connectivity index (χ2n) is 4.74. The zero-order valence-electron chi connectivity index (χ0n) is 9.83. The van der Waals surface area contributed by atoms with Gasteiger partial charge in [0.15, 0.2) is 0 Å². The van der Waals surface area contributed by atoms with Crippen molar-refractivity contribution in [3.8, 4) is 5.88 Å². The number of nitrogens with zero attached hydrogens (tertiary/aromatic N) is 1. The molecule has 1 aromatic rings. The first-order valence-corrected chi connectivity index (χ1v) is 5.84. The SMILES string of the molecule is NC1(COc2cc(C(F)(F)F)ccn2)CCCC1. The summed E-state index contributed by atoms with van der Waals surface area (Å²) in [4.78, 5) is 3.77. The summed E-state index contributed by atoms with van der Waals surface area (Å²) < 4.78 is 42.7. The van der Waals surface area contributed by atoms with Crippen molar-refractivity contribution in [1.82, 2.24) is 4.98 Å². The van der Waals surface area contributed by atoms with Crippen LogP contribution in [0.2, 0.25) is 0 Å². The smallest absolute Gasteiger partial charge is 0.416 e. The highest BCUT2D eigenvalue weighted by molar-refractivity contribution is 5.23. The van der Waals surface area contributed by atoms with Crippen LogP contribution in [0.1, 0.15) is 31.2 Å². The van der Waals surface area contributed by atoms with E-state index in [1.54, 1.807) is 0 Å². The predicted octanol–water partition coefficient (Wildman–Crippen LogP) is 2.75. The van der Waals surface area contributed by atoms with E-state index in [1.807, 2.05) is 0 Å². The molecule has 1 heterocycles. The van der Waals surface area contributed by atoms with Crippen LogP contribution >= 0.6 is 0 Å². The summed E-state index contributed by atoms with van der Waals surface area (Å²) in [5.41, 5.74) is 4.88. The van der Waals surface area contributed by atoms with Crippen molar-refractivity contribution < 1.29 is 17.9 Å². The standard InChI is InChI=1S/C12H15F3N2O/c13-12(14,15)9-3-6-17-10(7-9)18-8-11(16)4-1-2-5-11/h3,6-7H,1-2,4-5,8,16H2. The lowest BCUT2D eigenvalue weighted by atomic mass is 10.0. The first-order valence-electron chi connectivity index (χ1n) is 5.84. The van der Waals surface area contributed by atoms with Gasteiger partial charge < -0.3 is 10.5 Å². The van der Waals surface area contributed by atoms with Crippen molar-refractivity contribution in [3.63, 3.8) is 0 Å². The van der Waals surface area contributed by atoms with Crippen LogP contribution in [0.3, 0.4) is 0 Å². The lowest BCUT2D eigenvalue weighted by Gasteiger charge is -2.23. The maximum absolute atomic E-state index is 12.5. The third kappa shape index (κ3) is 3.13. The Bertz CT molecular complexity index is 414. The molecule has 0 aliphatic heterocycles. The number of ether oxygens (including phenoxy) is 1. The number of alkyl halides is 3. The Morgan fingerprint density at radius 2 is 2.00 bits per heavy atom. The molecule has 100 valence electrons. The number of hydrogen-bond acceptors (Lipinski definition) is 3. The lowest BCUT2D eigenvalue weighted by Crippen LogP contribution is -2.42. The second kappa shape index (κ2) is 4.76. The van der Waals surface area contributed by atoms with Gasteiger partial charge in [-0.05, 0) is 18.9 Å². The van der Waals surface area contributed by atoms with Crippen molar-refractivity contribution in [2.45, 2.75) is 37.4 Å². The molecule has 6 heteroatoms. The fourth-order valence-electron chi connectivity index (χ4n) is 2.11. The van der Waals surface area contributed by atoms with Gasteiger partial charge in [0.2, 0.25) is 5.88 Å². The number of pyridine rings is 1. The fraction of sp³-hybridized carbons (Fsp3) is 0.583. The van der Waals surface area contributed by atoms with Crippen molar-refractivity contribution >= 4 is 0 Å². The number of halogens is 3. The zero-order chi connectivity index (χ0) is 13.2. The van der Waals surface area contributed by atoms with Crippen LogP contribution in [0.15, 0.2) is 18.3 Å². The van der Waals surface area contributed by atoms with E-state index in [-0.39, 0.29) is 12.5 Å². The Labute approximate surface area is 103 Å². The quantitative estimate of drug-likeness (QED) is 0.909. The third-order valence-corrected chi connectivity index (χ3v) is 3.17. The van der Waals surface area contributed by atoms with E-state index in [2.05, 4.69) is 4.98 Å². The molecule has 0 unspecified atom stereocenters. The van der Waals surface area contributed by atoms with Crippen molar-refractivity contribution in [2.75, 3.05) is 6.61 Å². The van der Waals surface area contributed by atoms with Gasteiger partial charge in [-0.25, -0.2) is 4.98 Å². The Morgan fingerprint density at radius 1 is 1.33 bits per heavy atom. The molecule has 2 rings (SSSR count). The molecular formula is C12H15F3N2O. The topological polar surface area (TPSA) is 48.1 Å². The van der Waals surface area contributed by atoms with Gasteiger partial charge in [0.25, 0.3) is 0 Å². The molecule has 0 amide bonds. The summed E-state index contributed by atoms with van der Waals surface area (Å²) in [6.07, 6.45) is 0.467. The molecule has 0 bridgehead atoms. The molecule has 0 aromatic carbocycles. The highest BCUT2D eigenvalue weighted by Gasteiger charge is 2.32. The van der Waals surface area contributed by atoms with E-state index < -0.39 is 17.3 Å². The normalized spacial score (nSPS) is 18.9. The van der Waals surface area contributed by atoms with Crippen molar-refractivity contribution in [1.29, 1.82) is 0 Å². The Hall–Kier alpha value is -1.30. The van der Waals surface area contributed by atoms with Gasteiger partial charge in [0.1, 0.15) is 6.61 Å². The molecule has 1 aliphatic carbocycles. The van der Waals surface area contributed by atoms with E-state index in [1.165, 1.54) is 0 Å². The molecule has 1 saturated carbocycles. The van der Waals surface area contributed by atoms with E-state index in [0.29, 0.717) is 0 Å². The van der Waals surface area contributed by atoms with Crippen LogP contribution in [0.25, 0.3) is 0 Å². The van der Waals surface area contributed by atoms with Crippen LogP contribution in [0.4, 0.5) is 13.2 Å². The van der Waals surface area contributed by atoms with Crippen LogP contribution < -0.4 is 10.5 Å². The minimum Gasteiger partial charge on any atom is -0.476 e. The molecule has 0 radical (unpaired) electrons. The maximum Gasteiger partial charge on any atom is 0.416 e. The average Bonchev–Trinajstić information content (AvgIpc) is 2.74. The summed E-state index contributed by atoms with van der Waals surface area (Å²) in [5, 5.41) is 0. The number of rotatable bonds is 3. The van der Waals surface area contributed by atoms with Crippen LogP contribution in [0.5, 0.6) is 5.88 Å². The van der Waals surface area contributed by atoms with Gasteiger partial charge in [-0.15, -0.1) is 0 Å². The summed E-state index contributed by atoms with van der Waals surface area (Å²) >= 11 is 0. The molecule has 0 spiro atoms. The summed E-state index contributed by atoms with van der Waals surface area (Å²) in [7, 11) is 0. The van der Waals surface area contributed by atoms with E-state index in [4.69, 9.17) is 10.5 Å². The molecular weight excluding hydrogens is 245 g/mol. The van der Waals surface area contributed by atoms with Gasteiger partial charge in [0, 0.05) is 12.3 Å². The molecule has 0 saturated heterocycles. The maximum atomic E-state index is 12.5. The largest absolute Gasteiger partial charge is 0.476 e. The van der Waals surface area contributed by atoms with Crippen molar-refractivity contribution in [2.24, 2.45) is 5.73 Å². The summed E-state index contributed by atoms with van der Waals surface area (Å²) in [6, 6.07) is 1.82. The minimum atomic E-state index is -4.38. The average molecular weight is 260 g/mol. The van der Waals surface area contributed by atoms with Crippen LogP contribution in [-0.4, -0.2) is 17.1 Å². The number of hydrogen-bond donors (Lipinski definition) is 1. The van der Waals surface area contributed by atoms with Gasteiger partial charge in [-0.2, -0.15) is 13.2 Å². The number of nitrogens with two attached hydrogens (primary N) is 1. The van der Waals surface area contributed by atoms with E-state index in [9.17, 15) is 13.2 Å². The Morgan fingerprint density at radius 3 is 2.61 bits per heavy atom. The Kier molecular flexibility index (Phi) is 3.47. The number of aromatic nitrogens is 1. The molecule has 2 N–H and O–H groups in total. The van der Waals surface area contributed by atoms with Gasteiger partial charge in [0.05, 0.1) is 11.1 Å². The van der Waals surface area contributed by atoms with Crippen LogP contribution in [-0.2, 0) is 6.18 Å².